The summed E-state index contributed by atoms with van der Waals surface area (Å²) in [6.45, 7) is 2.31. The number of rotatable bonds is 5. The van der Waals surface area contributed by atoms with E-state index in [2.05, 4.69) is 22.4 Å². The molecule has 1 aromatic rings. The highest BCUT2D eigenvalue weighted by Crippen LogP contribution is 2.37. The van der Waals surface area contributed by atoms with E-state index in [9.17, 15) is 0 Å². The fourth-order valence-electron chi connectivity index (χ4n) is 3.15. The third-order valence-corrected chi connectivity index (χ3v) is 4.50. The number of hydrogen-bond donors (Lipinski definition) is 1. The van der Waals surface area contributed by atoms with Crippen molar-refractivity contribution in [1.29, 1.82) is 0 Å². The van der Waals surface area contributed by atoms with Crippen LogP contribution in [0, 0.1) is 11.8 Å². The van der Waals surface area contributed by atoms with Crippen molar-refractivity contribution in [3.05, 3.63) is 11.7 Å². The minimum Gasteiger partial charge on any atom is -0.339 e. The van der Waals surface area contributed by atoms with Crippen LogP contribution in [0.25, 0.3) is 0 Å². The summed E-state index contributed by atoms with van der Waals surface area (Å²) in [5.41, 5.74) is 0. The van der Waals surface area contributed by atoms with Crippen LogP contribution >= 0.6 is 0 Å². The zero-order valence-electron chi connectivity index (χ0n) is 11.4. The summed E-state index contributed by atoms with van der Waals surface area (Å²) < 4.78 is 5.42. The van der Waals surface area contributed by atoms with Gasteiger partial charge >= 0.3 is 0 Å². The Morgan fingerprint density at radius 3 is 2.78 bits per heavy atom. The van der Waals surface area contributed by atoms with Gasteiger partial charge in [-0.25, -0.2) is 0 Å². The molecule has 2 saturated carbocycles. The zero-order chi connectivity index (χ0) is 12.5. The van der Waals surface area contributed by atoms with Crippen molar-refractivity contribution in [1.82, 2.24) is 15.5 Å². The Morgan fingerprint density at radius 1 is 1.33 bits per heavy atom. The van der Waals surface area contributed by atoms with Crippen LogP contribution in [0.15, 0.2) is 4.52 Å². The second-order valence-corrected chi connectivity index (χ2v) is 6.10. The maximum atomic E-state index is 5.42. The van der Waals surface area contributed by atoms with Gasteiger partial charge < -0.3 is 9.84 Å². The lowest BCUT2D eigenvalue weighted by Crippen LogP contribution is -2.29. The molecule has 1 aromatic heterocycles. The lowest BCUT2D eigenvalue weighted by Gasteiger charge is -2.11. The molecule has 3 atom stereocenters. The topological polar surface area (TPSA) is 51.0 Å². The minimum absolute atomic E-state index is 0.515. The van der Waals surface area contributed by atoms with Crippen molar-refractivity contribution in [2.45, 2.75) is 57.4 Å². The fourth-order valence-corrected chi connectivity index (χ4v) is 3.15. The van der Waals surface area contributed by atoms with Gasteiger partial charge in [-0.3, -0.25) is 0 Å². The zero-order valence-corrected chi connectivity index (χ0v) is 11.4. The van der Waals surface area contributed by atoms with Gasteiger partial charge in [0.2, 0.25) is 5.89 Å². The third kappa shape index (κ3) is 2.58. The Labute approximate surface area is 109 Å². The summed E-state index contributed by atoms with van der Waals surface area (Å²) in [7, 11) is 2.03. The SMILES string of the molecule is CNC(Cc1nc(C2CCC(C)C2)no1)C1CC1. The van der Waals surface area contributed by atoms with Crippen LogP contribution in [0.2, 0.25) is 0 Å². The van der Waals surface area contributed by atoms with Crippen molar-refractivity contribution in [3.8, 4) is 0 Å². The maximum absolute atomic E-state index is 5.42. The van der Waals surface area contributed by atoms with E-state index in [0.717, 1.165) is 30.0 Å². The van der Waals surface area contributed by atoms with E-state index in [1.165, 1.54) is 32.1 Å². The Hall–Kier alpha value is -0.900. The maximum Gasteiger partial charge on any atom is 0.228 e. The van der Waals surface area contributed by atoms with Gasteiger partial charge in [0, 0.05) is 18.4 Å². The molecule has 100 valence electrons. The Morgan fingerprint density at radius 2 is 2.17 bits per heavy atom. The molecule has 0 bridgehead atoms. The number of nitrogens with one attached hydrogen (secondary N) is 1. The Kier molecular flexibility index (Phi) is 3.37. The van der Waals surface area contributed by atoms with Gasteiger partial charge in [0.05, 0.1) is 0 Å². The van der Waals surface area contributed by atoms with E-state index >= 15 is 0 Å². The van der Waals surface area contributed by atoms with Crippen LogP contribution < -0.4 is 5.32 Å². The highest BCUT2D eigenvalue weighted by Gasteiger charge is 2.32. The second-order valence-electron chi connectivity index (χ2n) is 6.10. The predicted molar refractivity (Wildman–Crippen MR) is 69.3 cm³/mol. The van der Waals surface area contributed by atoms with Crippen molar-refractivity contribution >= 4 is 0 Å². The quantitative estimate of drug-likeness (QED) is 0.871. The first-order chi connectivity index (χ1) is 8.76. The smallest absolute Gasteiger partial charge is 0.228 e. The van der Waals surface area contributed by atoms with E-state index in [4.69, 9.17) is 4.52 Å². The summed E-state index contributed by atoms with van der Waals surface area (Å²) in [5.74, 6) is 3.92. The number of likely N-dealkylation sites (N-methyl/N-ethyl adjacent to an activating group) is 1. The lowest BCUT2D eigenvalue weighted by atomic mass is 10.1. The van der Waals surface area contributed by atoms with E-state index in [1.807, 2.05) is 7.05 Å². The predicted octanol–water partition coefficient (Wildman–Crippen LogP) is 2.51. The molecule has 4 heteroatoms. The summed E-state index contributed by atoms with van der Waals surface area (Å²) in [6.07, 6.45) is 7.31. The van der Waals surface area contributed by atoms with E-state index in [-0.39, 0.29) is 0 Å². The van der Waals surface area contributed by atoms with Crippen LogP contribution in [0.1, 0.15) is 56.7 Å². The first kappa shape index (κ1) is 12.2. The highest BCUT2D eigenvalue weighted by molar-refractivity contribution is 5.01. The van der Waals surface area contributed by atoms with Gasteiger partial charge in [0.1, 0.15) is 0 Å². The second kappa shape index (κ2) is 5.00. The molecular formula is C14H23N3O. The van der Waals surface area contributed by atoms with E-state index < -0.39 is 0 Å². The Balaban J connectivity index is 1.62. The molecule has 1 N–H and O–H groups in total. The average Bonchev–Trinajstić information content (AvgIpc) is 2.94. The molecule has 2 fully saturated rings. The largest absolute Gasteiger partial charge is 0.339 e. The number of aromatic nitrogens is 2. The first-order valence-electron chi connectivity index (χ1n) is 7.26. The normalized spacial score (nSPS) is 29.7. The third-order valence-electron chi connectivity index (χ3n) is 4.50. The summed E-state index contributed by atoms with van der Waals surface area (Å²) >= 11 is 0. The summed E-state index contributed by atoms with van der Waals surface area (Å²) in [4.78, 5) is 4.61. The average molecular weight is 249 g/mol. The molecule has 0 spiro atoms. The Bertz CT molecular complexity index is 399. The first-order valence-corrected chi connectivity index (χ1v) is 7.26. The lowest BCUT2D eigenvalue weighted by molar-refractivity contribution is 0.346. The molecule has 0 saturated heterocycles. The molecule has 3 rings (SSSR count). The van der Waals surface area contributed by atoms with Crippen LogP contribution in [0.5, 0.6) is 0 Å². The van der Waals surface area contributed by atoms with Crippen LogP contribution in [-0.2, 0) is 6.42 Å². The van der Waals surface area contributed by atoms with Crippen LogP contribution in [0.3, 0.4) is 0 Å². The van der Waals surface area contributed by atoms with Crippen molar-refractivity contribution in [3.63, 3.8) is 0 Å². The molecule has 4 nitrogen and oxygen atoms in total. The molecular weight excluding hydrogens is 226 g/mol. The molecule has 0 amide bonds. The summed E-state index contributed by atoms with van der Waals surface area (Å²) in [5, 5.41) is 7.56. The van der Waals surface area contributed by atoms with Gasteiger partial charge in [-0.2, -0.15) is 4.98 Å². The van der Waals surface area contributed by atoms with Gasteiger partial charge in [-0.1, -0.05) is 12.1 Å². The van der Waals surface area contributed by atoms with Gasteiger partial charge in [0.25, 0.3) is 0 Å². The minimum atomic E-state index is 0.515. The summed E-state index contributed by atoms with van der Waals surface area (Å²) in [6, 6.07) is 0.515. The van der Waals surface area contributed by atoms with E-state index in [1.54, 1.807) is 0 Å². The molecule has 1 heterocycles. The highest BCUT2D eigenvalue weighted by atomic mass is 16.5. The van der Waals surface area contributed by atoms with Crippen molar-refractivity contribution in [2.24, 2.45) is 11.8 Å². The molecule has 0 aromatic carbocycles. The van der Waals surface area contributed by atoms with E-state index in [0.29, 0.717) is 12.0 Å². The van der Waals surface area contributed by atoms with Crippen LogP contribution in [0.4, 0.5) is 0 Å². The van der Waals surface area contributed by atoms with Crippen LogP contribution in [-0.4, -0.2) is 23.2 Å². The van der Waals surface area contributed by atoms with Gasteiger partial charge in [-0.15, -0.1) is 0 Å². The van der Waals surface area contributed by atoms with Crippen molar-refractivity contribution in [2.75, 3.05) is 7.05 Å². The molecule has 3 unspecified atom stereocenters. The van der Waals surface area contributed by atoms with Gasteiger partial charge in [0.15, 0.2) is 5.82 Å². The molecule has 0 aliphatic heterocycles. The fraction of sp³-hybridized carbons (Fsp3) is 0.857. The molecule has 2 aliphatic rings. The van der Waals surface area contributed by atoms with Crippen molar-refractivity contribution < 1.29 is 4.52 Å². The molecule has 18 heavy (non-hydrogen) atoms. The molecule has 0 radical (unpaired) electrons. The monoisotopic (exact) mass is 249 g/mol. The number of nitrogens with zero attached hydrogens (tertiary/aromatic N) is 2. The number of hydrogen-bond acceptors (Lipinski definition) is 4. The van der Waals surface area contributed by atoms with Gasteiger partial charge in [-0.05, 0) is 51.0 Å². The molecule has 2 aliphatic carbocycles. The standard InChI is InChI=1S/C14H23N3O/c1-9-3-4-11(7-9)14-16-13(18-17-14)8-12(15-2)10-5-6-10/h9-12,15H,3-8H2,1-2H3.